The molecule has 2 atom stereocenters. The van der Waals surface area contributed by atoms with E-state index in [1.165, 1.54) is 13.8 Å². The Morgan fingerprint density at radius 3 is 1.16 bits per heavy atom. The largest absolute Gasteiger partial charge is 0.342 e. The van der Waals surface area contributed by atoms with Gasteiger partial charge in [-0.25, -0.2) is 0 Å². The number of anilines is 2. The summed E-state index contributed by atoms with van der Waals surface area (Å²) in [4.78, 5) is 25.0. The Bertz CT molecular complexity index is 758. The van der Waals surface area contributed by atoms with E-state index in [-0.39, 0.29) is 26.4 Å². The lowest BCUT2D eigenvalue weighted by molar-refractivity contribution is -0.116. The van der Waals surface area contributed by atoms with Crippen molar-refractivity contribution >= 4 is 38.4 Å². The molecule has 2 N–H and O–H groups in total. The van der Waals surface area contributed by atoms with Crippen LogP contribution in [-0.4, -0.2) is 49.6 Å². The molecule has 1 aromatic rings. The Kier molecular flexibility index (Phi) is 11.8. The van der Waals surface area contributed by atoms with Gasteiger partial charge < -0.3 is 28.7 Å². The highest BCUT2D eigenvalue weighted by molar-refractivity contribution is 7.56. The molecule has 2 amide bonds. The van der Waals surface area contributed by atoms with Crippen LogP contribution in [0.1, 0.15) is 41.5 Å². The zero-order chi connectivity index (χ0) is 24.4. The first kappa shape index (κ1) is 28.5. The zero-order valence-corrected chi connectivity index (χ0v) is 21.2. The van der Waals surface area contributed by atoms with Gasteiger partial charge in [-0.3, -0.25) is 18.7 Å². The minimum absolute atomic E-state index is 0.154. The van der Waals surface area contributed by atoms with Gasteiger partial charge in [0.05, 0.1) is 26.4 Å². The second kappa shape index (κ2) is 13.2. The number of hydrogen-bond donors (Lipinski definition) is 2. The minimum atomic E-state index is -3.59. The molecular weight excluding hydrogens is 458 g/mol. The number of hydrogen-bond acceptors (Lipinski definition) is 8. The first-order chi connectivity index (χ1) is 15.1. The van der Waals surface area contributed by atoms with E-state index in [4.69, 9.17) is 18.1 Å². The fourth-order valence-corrected chi connectivity index (χ4v) is 5.85. The van der Waals surface area contributed by atoms with Gasteiger partial charge in [0, 0.05) is 11.4 Å². The molecule has 1 aromatic carbocycles. The number of rotatable bonds is 14. The van der Waals surface area contributed by atoms with Crippen LogP contribution in [-0.2, 0) is 36.8 Å². The average Bonchev–Trinajstić information content (AvgIpc) is 2.74. The van der Waals surface area contributed by atoms with E-state index in [1.54, 1.807) is 52.0 Å². The van der Waals surface area contributed by atoms with Crippen molar-refractivity contribution in [2.45, 2.75) is 52.9 Å². The molecule has 0 saturated carbocycles. The van der Waals surface area contributed by atoms with Crippen LogP contribution in [0.3, 0.4) is 0 Å². The van der Waals surface area contributed by atoms with Crippen LogP contribution in [0.25, 0.3) is 0 Å². The minimum Gasteiger partial charge on any atom is -0.325 e. The Balaban J connectivity index is 2.82. The Morgan fingerprint density at radius 2 is 0.938 bits per heavy atom. The van der Waals surface area contributed by atoms with Crippen molar-refractivity contribution < 1.29 is 36.8 Å². The molecule has 12 heteroatoms. The maximum absolute atomic E-state index is 12.8. The van der Waals surface area contributed by atoms with Crippen molar-refractivity contribution in [1.29, 1.82) is 0 Å². The predicted molar refractivity (Wildman–Crippen MR) is 124 cm³/mol. The molecule has 0 aliphatic carbocycles. The smallest absolute Gasteiger partial charge is 0.325 e. The fraction of sp³-hybridized carbons (Fsp3) is 0.600. The first-order valence-electron chi connectivity index (χ1n) is 10.6. The molecule has 0 aromatic heterocycles. The van der Waals surface area contributed by atoms with Gasteiger partial charge in [-0.2, -0.15) is 0 Å². The summed E-state index contributed by atoms with van der Waals surface area (Å²) in [5.41, 5.74) is -1.15. The number of carbonyl (C=O) groups excluding carboxylic acids is 2. The third kappa shape index (κ3) is 7.80. The van der Waals surface area contributed by atoms with Crippen LogP contribution in [0.2, 0.25) is 0 Å². The number of carbonyl (C=O) groups is 2. The highest BCUT2D eigenvalue weighted by atomic mass is 31.2. The Morgan fingerprint density at radius 1 is 0.688 bits per heavy atom. The highest BCUT2D eigenvalue weighted by Gasteiger charge is 2.38. The zero-order valence-electron chi connectivity index (χ0n) is 19.5. The Labute approximate surface area is 189 Å². The number of amides is 2. The van der Waals surface area contributed by atoms with E-state index >= 15 is 0 Å². The standard InChI is InChI=1S/C20H34N2O8P2/c1-7-27-31(25,28-8-2)15(5)19(23)21-17-11-13-18(14-12-17)22-20(24)16(6)32(26,29-9-3)30-10-4/h11-16H,7-10H2,1-6H3,(H,21,23)(H,22,24). The summed E-state index contributed by atoms with van der Waals surface area (Å²) in [5.74, 6) is -1.04. The van der Waals surface area contributed by atoms with Crippen molar-refractivity contribution in [2.75, 3.05) is 37.1 Å². The molecule has 0 spiro atoms. The quantitative estimate of drug-likeness (QED) is 0.352. The van der Waals surface area contributed by atoms with E-state index in [0.29, 0.717) is 11.4 Å². The molecule has 0 aliphatic heterocycles. The second-order valence-corrected chi connectivity index (χ2v) is 11.4. The first-order valence-corrected chi connectivity index (χ1v) is 13.8. The molecular formula is C20H34N2O8P2. The third-order valence-electron chi connectivity index (χ3n) is 4.36. The normalized spacial score (nSPS) is 13.9. The number of benzene rings is 1. The van der Waals surface area contributed by atoms with E-state index in [1.807, 2.05) is 0 Å². The molecule has 1 rings (SSSR count). The van der Waals surface area contributed by atoms with Crippen molar-refractivity contribution in [3.8, 4) is 0 Å². The molecule has 182 valence electrons. The molecule has 0 radical (unpaired) electrons. The highest BCUT2D eigenvalue weighted by Crippen LogP contribution is 2.54. The maximum Gasteiger partial charge on any atom is 0.342 e. The molecule has 2 unspecified atom stereocenters. The maximum atomic E-state index is 12.8. The summed E-state index contributed by atoms with van der Waals surface area (Å²) >= 11 is 0. The molecule has 32 heavy (non-hydrogen) atoms. The van der Waals surface area contributed by atoms with Gasteiger partial charge in [-0.05, 0) is 65.8 Å². The molecule has 0 heterocycles. The second-order valence-electron chi connectivity index (χ2n) is 6.66. The van der Waals surface area contributed by atoms with Gasteiger partial charge in [0.1, 0.15) is 11.3 Å². The van der Waals surface area contributed by atoms with Crippen molar-refractivity contribution in [3.05, 3.63) is 24.3 Å². The average molecular weight is 492 g/mol. The summed E-state index contributed by atoms with van der Waals surface area (Å²) in [5, 5.41) is 5.31. The summed E-state index contributed by atoms with van der Waals surface area (Å²) in [6, 6.07) is 6.29. The van der Waals surface area contributed by atoms with Gasteiger partial charge in [-0.1, -0.05) is 0 Å². The van der Waals surface area contributed by atoms with Crippen molar-refractivity contribution in [2.24, 2.45) is 0 Å². The Hall–Kier alpha value is -1.54. The molecule has 10 nitrogen and oxygen atoms in total. The summed E-state index contributed by atoms with van der Waals surface area (Å²) in [7, 11) is -7.18. The van der Waals surface area contributed by atoms with Crippen molar-refractivity contribution in [1.82, 2.24) is 0 Å². The monoisotopic (exact) mass is 492 g/mol. The molecule has 0 bridgehead atoms. The van der Waals surface area contributed by atoms with Gasteiger partial charge in [0.15, 0.2) is 0 Å². The third-order valence-corrected chi connectivity index (χ3v) is 9.20. The van der Waals surface area contributed by atoms with Crippen LogP contribution < -0.4 is 10.6 Å². The molecule has 0 saturated heterocycles. The van der Waals surface area contributed by atoms with Crippen LogP contribution in [0.5, 0.6) is 0 Å². The number of nitrogens with one attached hydrogen (secondary N) is 2. The predicted octanol–water partition coefficient (Wildman–Crippen LogP) is 4.87. The summed E-state index contributed by atoms with van der Waals surface area (Å²) < 4.78 is 46.4. The van der Waals surface area contributed by atoms with Gasteiger partial charge >= 0.3 is 15.2 Å². The lowest BCUT2D eigenvalue weighted by Gasteiger charge is -2.23. The van der Waals surface area contributed by atoms with Crippen LogP contribution in [0.4, 0.5) is 11.4 Å². The molecule has 0 aliphatic rings. The van der Waals surface area contributed by atoms with E-state index in [9.17, 15) is 18.7 Å². The van der Waals surface area contributed by atoms with E-state index in [0.717, 1.165) is 0 Å². The van der Waals surface area contributed by atoms with Crippen LogP contribution in [0, 0.1) is 0 Å². The topological polar surface area (TPSA) is 129 Å². The lowest BCUT2D eigenvalue weighted by atomic mass is 10.2. The van der Waals surface area contributed by atoms with Crippen molar-refractivity contribution in [3.63, 3.8) is 0 Å². The fourth-order valence-electron chi connectivity index (χ4n) is 2.66. The van der Waals surface area contributed by atoms with E-state index < -0.39 is 38.3 Å². The summed E-state index contributed by atoms with van der Waals surface area (Å²) in [6.45, 7) is 10.3. The molecule has 0 fully saturated rings. The van der Waals surface area contributed by atoms with E-state index in [2.05, 4.69) is 10.6 Å². The SMILES string of the molecule is CCOP(=O)(OCC)C(C)C(=O)Nc1ccc(NC(=O)C(C)P(=O)(OCC)OCC)cc1. The van der Waals surface area contributed by atoms with Crippen LogP contribution in [0.15, 0.2) is 24.3 Å². The summed E-state index contributed by atoms with van der Waals surface area (Å²) in [6.07, 6.45) is 0. The van der Waals surface area contributed by atoms with Gasteiger partial charge in [0.25, 0.3) is 0 Å². The van der Waals surface area contributed by atoms with Gasteiger partial charge in [-0.15, -0.1) is 0 Å². The lowest BCUT2D eigenvalue weighted by Crippen LogP contribution is -2.27. The van der Waals surface area contributed by atoms with Gasteiger partial charge in [0.2, 0.25) is 11.8 Å². The van der Waals surface area contributed by atoms with Crippen LogP contribution >= 0.6 is 15.2 Å².